The molecule has 0 aromatic heterocycles. The van der Waals surface area contributed by atoms with Crippen molar-refractivity contribution in [3.63, 3.8) is 0 Å². The Morgan fingerprint density at radius 1 is 1.33 bits per heavy atom. The van der Waals surface area contributed by atoms with Crippen molar-refractivity contribution in [2.75, 3.05) is 5.73 Å². The predicted molar refractivity (Wildman–Crippen MR) is 74.4 cm³/mol. The zero-order valence-corrected chi connectivity index (χ0v) is 11.4. The Bertz CT molecular complexity index is 456. The van der Waals surface area contributed by atoms with Crippen molar-refractivity contribution < 1.29 is 4.79 Å². The van der Waals surface area contributed by atoms with Crippen LogP contribution < -0.4 is 11.1 Å². The SMILES string of the molecule is Cc1c(N)cccc1C(=O)NC1CCC(C)C1C. The lowest BCUT2D eigenvalue weighted by Crippen LogP contribution is -2.37. The molecule has 2 rings (SSSR count). The van der Waals surface area contributed by atoms with Gasteiger partial charge in [-0.25, -0.2) is 0 Å². The van der Waals surface area contributed by atoms with Gasteiger partial charge in [0.1, 0.15) is 0 Å². The fourth-order valence-electron chi connectivity index (χ4n) is 2.71. The number of carbonyl (C=O) groups is 1. The number of anilines is 1. The van der Waals surface area contributed by atoms with Crippen molar-refractivity contribution in [1.82, 2.24) is 5.32 Å². The van der Waals surface area contributed by atoms with Crippen LogP contribution in [-0.2, 0) is 0 Å². The Morgan fingerprint density at radius 2 is 2.06 bits per heavy atom. The number of nitrogens with one attached hydrogen (secondary N) is 1. The molecule has 3 nitrogen and oxygen atoms in total. The van der Waals surface area contributed by atoms with E-state index < -0.39 is 0 Å². The first kappa shape index (κ1) is 12.9. The normalized spacial score (nSPS) is 27.2. The molecule has 0 spiro atoms. The largest absolute Gasteiger partial charge is 0.398 e. The maximum absolute atomic E-state index is 12.3. The van der Waals surface area contributed by atoms with Crippen LogP contribution in [0.4, 0.5) is 5.69 Å². The smallest absolute Gasteiger partial charge is 0.251 e. The molecule has 1 fully saturated rings. The number of benzene rings is 1. The highest BCUT2D eigenvalue weighted by molar-refractivity contribution is 5.97. The molecular weight excluding hydrogens is 224 g/mol. The van der Waals surface area contributed by atoms with Crippen LogP contribution in [0.15, 0.2) is 18.2 Å². The van der Waals surface area contributed by atoms with Crippen LogP contribution in [0.2, 0.25) is 0 Å². The highest BCUT2D eigenvalue weighted by Crippen LogP contribution is 2.31. The second kappa shape index (κ2) is 5.01. The van der Waals surface area contributed by atoms with E-state index in [2.05, 4.69) is 19.2 Å². The van der Waals surface area contributed by atoms with Gasteiger partial charge in [0.25, 0.3) is 5.91 Å². The molecule has 0 bridgehead atoms. The average Bonchev–Trinajstić information content (AvgIpc) is 2.64. The molecule has 1 aliphatic rings. The van der Waals surface area contributed by atoms with E-state index >= 15 is 0 Å². The van der Waals surface area contributed by atoms with Crippen LogP contribution in [0.1, 0.15) is 42.6 Å². The Balaban J connectivity index is 2.11. The van der Waals surface area contributed by atoms with Crippen molar-refractivity contribution in [2.45, 2.75) is 39.7 Å². The van der Waals surface area contributed by atoms with Gasteiger partial charge in [0.2, 0.25) is 0 Å². The molecule has 0 heterocycles. The van der Waals surface area contributed by atoms with Crippen LogP contribution >= 0.6 is 0 Å². The molecular formula is C15H22N2O. The van der Waals surface area contributed by atoms with Gasteiger partial charge in [0.05, 0.1) is 0 Å². The van der Waals surface area contributed by atoms with Crippen molar-refractivity contribution >= 4 is 11.6 Å². The number of amides is 1. The third kappa shape index (κ3) is 2.35. The number of carbonyl (C=O) groups excluding carboxylic acids is 1. The van der Waals surface area contributed by atoms with Crippen LogP contribution in [-0.4, -0.2) is 11.9 Å². The summed E-state index contributed by atoms with van der Waals surface area (Å²) in [5, 5.41) is 3.15. The second-order valence-electron chi connectivity index (χ2n) is 5.51. The maximum atomic E-state index is 12.3. The molecule has 0 radical (unpaired) electrons. The van der Waals surface area contributed by atoms with E-state index in [0.29, 0.717) is 29.1 Å². The summed E-state index contributed by atoms with van der Waals surface area (Å²) >= 11 is 0. The zero-order valence-electron chi connectivity index (χ0n) is 11.4. The minimum Gasteiger partial charge on any atom is -0.398 e. The first-order valence-electron chi connectivity index (χ1n) is 6.66. The van der Waals surface area contributed by atoms with Gasteiger partial charge >= 0.3 is 0 Å². The van der Waals surface area contributed by atoms with Crippen LogP contribution in [0.3, 0.4) is 0 Å². The number of nitrogen functional groups attached to an aromatic ring is 1. The van der Waals surface area contributed by atoms with Gasteiger partial charge in [-0.1, -0.05) is 19.9 Å². The lowest BCUT2D eigenvalue weighted by atomic mass is 9.97. The summed E-state index contributed by atoms with van der Waals surface area (Å²) in [7, 11) is 0. The van der Waals surface area contributed by atoms with E-state index in [1.807, 2.05) is 25.1 Å². The van der Waals surface area contributed by atoms with Gasteiger partial charge in [-0.05, 0) is 49.3 Å². The van der Waals surface area contributed by atoms with Crippen molar-refractivity contribution in [1.29, 1.82) is 0 Å². The van der Waals surface area contributed by atoms with E-state index in [1.54, 1.807) is 0 Å². The van der Waals surface area contributed by atoms with E-state index in [1.165, 1.54) is 6.42 Å². The predicted octanol–water partition coefficient (Wildman–Crippen LogP) is 2.74. The summed E-state index contributed by atoms with van der Waals surface area (Å²) in [4.78, 5) is 12.3. The second-order valence-corrected chi connectivity index (χ2v) is 5.51. The van der Waals surface area contributed by atoms with E-state index in [4.69, 9.17) is 5.73 Å². The van der Waals surface area contributed by atoms with Crippen molar-refractivity contribution in [3.05, 3.63) is 29.3 Å². The van der Waals surface area contributed by atoms with Gasteiger partial charge in [-0.2, -0.15) is 0 Å². The number of hydrogen-bond donors (Lipinski definition) is 2. The Kier molecular flexibility index (Phi) is 3.60. The molecule has 3 unspecified atom stereocenters. The van der Waals surface area contributed by atoms with Gasteiger partial charge in [0, 0.05) is 17.3 Å². The Hall–Kier alpha value is -1.51. The van der Waals surface area contributed by atoms with Crippen molar-refractivity contribution in [2.24, 2.45) is 11.8 Å². The highest BCUT2D eigenvalue weighted by atomic mass is 16.1. The summed E-state index contributed by atoms with van der Waals surface area (Å²) in [5.41, 5.74) is 8.08. The first-order chi connectivity index (χ1) is 8.50. The van der Waals surface area contributed by atoms with Gasteiger partial charge in [-0.15, -0.1) is 0 Å². The molecule has 1 aromatic carbocycles. The van der Waals surface area contributed by atoms with Gasteiger partial charge < -0.3 is 11.1 Å². The summed E-state index contributed by atoms with van der Waals surface area (Å²) < 4.78 is 0. The Morgan fingerprint density at radius 3 is 2.67 bits per heavy atom. The topological polar surface area (TPSA) is 55.1 Å². The third-order valence-corrected chi connectivity index (χ3v) is 4.40. The number of hydrogen-bond acceptors (Lipinski definition) is 2. The fraction of sp³-hybridized carbons (Fsp3) is 0.533. The summed E-state index contributed by atoms with van der Waals surface area (Å²) in [5.74, 6) is 1.25. The lowest BCUT2D eigenvalue weighted by Gasteiger charge is -2.20. The lowest BCUT2D eigenvalue weighted by molar-refractivity contribution is 0.0927. The maximum Gasteiger partial charge on any atom is 0.251 e. The summed E-state index contributed by atoms with van der Waals surface area (Å²) in [6.45, 7) is 6.36. The molecule has 1 saturated carbocycles. The van der Waals surface area contributed by atoms with Crippen molar-refractivity contribution in [3.8, 4) is 0 Å². The molecule has 1 aromatic rings. The van der Waals surface area contributed by atoms with E-state index in [9.17, 15) is 4.79 Å². The number of nitrogens with two attached hydrogens (primary N) is 1. The monoisotopic (exact) mass is 246 g/mol. The molecule has 18 heavy (non-hydrogen) atoms. The fourth-order valence-corrected chi connectivity index (χ4v) is 2.71. The molecule has 98 valence electrons. The molecule has 0 saturated heterocycles. The molecule has 3 N–H and O–H groups in total. The van der Waals surface area contributed by atoms with Gasteiger partial charge in [-0.3, -0.25) is 4.79 Å². The van der Waals surface area contributed by atoms with Gasteiger partial charge in [0.15, 0.2) is 0 Å². The standard InChI is InChI=1S/C15H22N2O/c1-9-7-8-14(10(9)2)17-15(18)12-5-4-6-13(16)11(12)3/h4-6,9-10,14H,7-8,16H2,1-3H3,(H,17,18). The quantitative estimate of drug-likeness (QED) is 0.788. The van der Waals surface area contributed by atoms with E-state index in [0.717, 1.165) is 12.0 Å². The average molecular weight is 246 g/mol. The molecule has 3 atom stereocenters. The third-order valence-electron chi connectivity index (χ3n) is 4.40. The van der Waals surface area contributed by atoms with Crippen LogP contribution in [0, 0.1) is 18.8 Å². The van der Waals surface area contributed by atoms with Crippen LogP contribution in [0.25, 0.3) is 0 Å². The molecule has 1 aliphatic carbocycles. The zero-order chi connectivity index (χ0) is 13.3. The van der Waals surface area contributed by atoms with Crippen LogP contribution in [0.5, 0.6) is 0 Å². The summed E-state index contributed by atoms with van der Waals surface area (Å²) in [6.07, 6.45) is 2.28. The number of rotatable bonds is 2. The first-order valence-corrected chi connectivity index (χ1v) is 6.66. The minimum atomic E-state index is 0.00532. The molecule has 0 aliphatic heterocycles. The molecule has 3 heteroatoms. The van der Waals surface area contributed by atoms with E-state index in [-0.39, 0.29) is 5.91 Å². The summed E-state index contributed by atoms with van der Waals surface area (Å²) in [6, 6.07) is 5.79. The minimum absolute atomic E-state index is 0.00532. The molecule has 1 amide bonds. The highest BCUT2D eigenvalue weighted by Gasteiger charge is 2.31. The Labute approximate surface area is 109 Å².